The normalized spacial score (nSPS) is 10.8. The van der Waals surface area contributed by atoms with E-state index in [1.54, 1.807) is 14.2 Å². The third kappa shape index (κ3) is 4.58. The summed E-state index contributed by atoms with van der Waals surface area (Å²) in [5.41, 5.74) is 7.54. The van der Waals surface area contributed by atoms with Crippen LogP contribution < -0.4 is 40.8 Å². The smallest absolute Gasteiger partial charge is 0.225 e. The van der Waals surface area contributed by atoms with Crippen LogP contribution in [-0.2, 0) is 0 Å². The fraction of sp³-hybridized carbons (Fsp3) is 0.194. The number of para-hydroxylation sites is 1. The third-order valence-electron chi connectivity index (χ3n) is 6.66. The quantitative estimate of drug-likeness (QED) is 0.237. The first-order valence-electron chi connectivity index (χ1n) is 12.0. The van der Waals surface area contributed by atoms with E-state index in [2.05, 4.69) is 115 Å². The van der Waals surface area contributed by atoms with Gasteiger partial charge in [0.15, 0.2) is 0 Å². The number of ether oxygens (including phenoxy) is 2. The zero-order chi connectivity index (χ0) is 25.4. The number of nitrogens with zero attached hydrogens (tertiary/aromatic N) is 3. The number of hydrogen-bond donors (Lipinski definition) is 0. The molecule has 0 radical (unpaired) electrons. The molecule has 5 nitrogen and oxygen atoms in total. The molecule has 0 aliphatic carbocycles. The minimum absolute atomic E-state index is 0. The van der Waals surface area contributed by atoms with Gasteiger partial charge >= 0.3 is 0 Å². The molecular weight excluding hydrogens is 526 g/mol. The number of rotatable bonds is 6. The Morgan fingerprint density at radius 2 is 1.03 bits per heavy atom. The van der Waals surface area contributed by atoms with Crippen LogP contribution in [-0.4, -0.2) is 42.4 Å². The number of aromatic nitrogens is 1. The second-order valence-electron chi connectivity index (χ2n) is 9.29. The van der Waals surface area contributed by atoms with E-state index < -0.39 is 0 Å². The van der Waals surface area contributed by atoms with Gasteiger partial charge in [-0.05, 0) is 5.56 Å². The molecule has 0 bridgehead atoms. The molecule has 0 aliphatic heterocycles. The van der Waals surface area contributed by atoms with E-state index in [0.717, 1.165) is 61.5 Å². The van der Waals surface area contributed by atoms with Crippen molar-refractivity contribution in [2.24, 2.45) is 0 Å². The van der Waals surface area contributed by atoms with Gasteiger partial charge in [0, 0.05) is 81.5 Å². The van der Waals surface area contributed by atoms with Gasteiger partial charge in [0.05, 0.1) is 25.0 Å². The van der Waals surface area contributed by atoms with E-state index in [9.17, 15) is 0 Å². The van der Waals surface area contributed by atoms with Crippen LogP contribution in [0.1, 0.15) is 0 Å². The van der Waals surface area contributed by atoms with Gasteiger partial charge < -0.3 is 36.3 Å². The molecule has 4 aromatic carbocycles. The van der Waals surface area contributed by atoms with Gasteiger partial charge in [-0.25, -0.2) is 0 Å². The zero-order valence-electron chi connectivity index (χ0n) is 22.1. The van der Waals surface area contributed by atoms with Crippen molar-refractivity contribution in [2.45, 2.75) is 0 Å². The van der Waals surface area contributed by atoms with E-state index in [1.807, 2.05) is 12.1 Å². The summed E-state index contributed by atoms with van der Waals surface area (Å²) in [6, 6.07) is 29.7. The van der Waals surface area contributed by atoms with Crippen molar-refractivity contribution in [2.75, 3.05) is 52.2 Å². The molecule has 5 rings (SSSR count). The zero-order valence-corrected chi connectivity index (χ0v) is 23.7. The SMILES string of the molecule is COc1cc(N(C)C)cc2c1c(-c1ccccc1)c1c(OC)cc(N(C)C)cc1[n+]2-c1ccccc1.[Br-]. The van der Waals surface area contributed by atoms with Crippen molar-refractivity contribution < 1.29 is 31.0 Å². The van der Waals surface area contributed by atoms with Crippen molar-refractivity contribution in [1.82, 2.24) is 0 Å². The monoisotopic (exact) mass is 557 g/mol. The third-order valence-corrected chi connectivity index (χ3v) is 6.66. The lowest BCUT2D eigenvalue weighted by Crippen LogP contribution is -3.00. The summed E-state index contributed by atoms with van der Waals surface area (Å²) in [6.45, 7) is 0. The van der Waals surface area contributed by atoms with Crippen LogP contribution >= 0.6 is 0 Å². The Kier molecular flexibility index (Phi) is 7.60. The minimum atomic E-state index is 0. The molecule has 0 unspecified atom stereocenters. The summed E-state index contributed by atoms with van der Waals surface area (Å²) in [6.07, 6.45) is 0. The molecule has 0 N–H and O–H groups in total. The number of pyridine rings is 1. The van der Waals surface area contributed by atoms with Gasteiger partial charge in [0.1, 0.15) is 11.5 Å². The molecule has 0 saturated carbocycles. The average Bonchev–Trinajstić information content (AvgIpc) is 2.91. The van der Waals surface area contributed by atoms with E-state index >= 15 is 0 Å². The predicted molar refractivity (Wildman–Crippen MR) is 150 cm³/mol. The van der Waals surface area contributed by atoms with Crippen molar-refractivity contribution in [3.63, 3.8) is 0 Å². The average molecular weight is 559 g/mol. The Morgan fingerprint density at radius 3 is 1.43 bits per heavy atom. The first-order chi connectivity index (χ1) is 17.4. The summed E-state index contributed by atoms with van der Waals surface area (Å²) in [5, 5.41) is 2.09. The molecule has 1 aromatic heterocycles. The highest BCUT2D eigenvalue weighted by molar-refractivity contribution is 6.13. The topological polar surface area (TPSA) is 28.8 Å². The molecule has 0 spiro atoms. The molecule has 6 heteroatoms. The Labute approximate surface area is 229 Å². The molecule has 0 amide bonds. The number of benzene rings is 4. The highest BCUT2D eigenvalue weighted by Crippen LogP contribution is 2.45. The molecule has 0 atom stereocenters. The summed E-state index contributed by atoms with van der Waals surface area (Å²) in [7, 11) is 11.7. The Hall–Kier alpha value is -3.77. The second-order valence-corrected chi connectivity index (χ2v) is 9.29. The molecule has 5 aromatic rings. The van der Waals surface area contributed by atoms with Gasteiger partial charge in [0.2, 0.25) is 16.7 Å². The lowest BCUT2D eigenvalue weighted by Gasteiger charge is -2.21. The van der Waals surface area contributed by atoms with E-state index in [1.165, 1.54) is 0 Å². The van der Waals surface area contributed by atoms with Crippen LogP contribution in [0.3, 0.4) is 0 Å². The lowest BCUT2D eigenvalue weighted by molar-refractivity contribution is -0.537. The fourth-order valence-electron chi connectivity index (χ4n) is 4.87. The molecule has 1 heterocycles. The van der Waals surface area contributed by atoms with Gasteiger partial charge in [-0.3, -0.25) is 0 Å². The van der Waals surface area contributed by atoms with E-state index in [4.69, 9.17) is 9.47 Å². The van der Waals surface area contributed by atoms with Crippen molar-refractivity contribution in [3.05, 3.63) is 84.9 Å². The largest absolute Gasteiger partial charge is 1.00 e. The highest BCUT2D eigenvalue weighted by atomic mass is 79.9. The van der Waals surface area contributed by atoms with Crippen molar-refractivity contribution >= 4 is 33.2 Å². The Morgan fingerprint density at radius 1 is 0.595 bits per heavy atom. The number of fused-ring (bicyclic) bond motifs is 2. The summed E-state index contributed by atoms with van der Waals surface area (Å²) in [4.78, 5) is 4.22. The summed E-state index contributed by atoms with van der Waals surface area (Å²) < 4.78 is 14.5. The molecule has 0 saturated heterocycles. The van der Waals surface area contributed by atoms with Gasteiger partial charge in [-0.2, -0.15) is 4.57 Å². The Balaban J connectivity index is 0.00000320. The molecule has 37 heavy (non-hydrogen) atoms. The first-order valence-corrected chi connectivity index (χ1v) is 12.0. The van der Waals surface area contributed by atoms with Crippen LogP contribution in [0.15, 0.2) is 84.9 Å². The maximum absolute atomic E-state index is 6.07. The van der Waals surface area contributed by atoms with Crippen LogP contribution in [0.25, 0.3) is 38.6 Å². The van der Waals surface area contributed by atoms with Gasteiger partial charge in [-0.1, -0.05) is 48.5 Å². The van der Waals surface area contributed by atoms with Crippen molar-refractivity contribution in [3.8, 4) is 28.3 Å². The standard InChI is InChI=1S/C31H32N3O2.BrH/c1-32(2)23-17-25-30(27(19-23)35-5)29(21-13-9-7-10-14-21)31-26(34(25)22-15-11-8-12-16-22)18-24(33(3)4)20-28(31)36-6;/h7-20H,1-6H3;1H/q+1;/p-1. The number of halogens is 1. The fourth-order valence-corrected chi connectivity index (χ4v) is 4.87. The maximum atomic E-state index is 6.07. The lowest BCUT2D eigenvalue weighted by atomic mass is 9.93. The molecule has 0 fully saturated rings. The highest BCUT2D eigenvalue weighted by Gasteiger charge is 2.29. The van der Waals surface area contributed by atoms with Crippen molar-refractivity contribution in [1.29, 1.82) is 0 Å². The molecule has 0 aliphatic rings. The van der Waals surface area contributed by atoms with E-state index in [0.29, 0.717) is 0 Å². The van der Waals surface area contributed by atoms with Gasteiger partial charge in [-0.15, -0.1) is 0 Å². The second kappa shape index (κ2) is 10.7. The summed E-state index contributed by atoms with van der Waals surface area (Å²) in [5.74, 6) is 1.64. The summed E-state index contributed by atoms with van der Waals surface area (Å²) >= 11 is 0. The predicted octanol–water partition coefficient (Wildman–Crippen LogP) is 3.09. The van der Waals surface area contributed by atoms with Crippen LogP contribution in [0.4, 0.5) is 11.4 Å². The van der Waals surface area contributed by atoms with Crippen LogP contribution in [0.2, 0.25) is 0 Å². The number of anilines is 2. The molecule has 190 valence electrons. The minimum Gasteiger partial charge on any atom is -1.00 e. The van der Waals surface area contributed by atoms with Crippen LogP contribution in [0, 0.1) is 0 Å². The molecular formula is C31H32BrN3O2. The first kappa shape index (κ1) is 26.3. The number of hydrogen-bond acceptors (Lipinski definition) is 4. The van der Waals surface area contributed by atoms with Gasteiger partial charge in [0.25, 0.3) is 0 Å². The number of methoxy groups -OCH3 is 2. The maximum Gasteiger partial charge on any atom is 0.225 e. The Bertz CT molecular complexity index is 1480. The van der Waals surface area contributed by atoms with Crippen LogP contribution in [0.5, 0.6) is 11.5 Å². The van der Waals surface area contributed by atoms with E-state index in [-0.39, 0.29) is 17.0 Å².